The molecule has 2 atom stereocenters. The molecule has 1 aliphatic rings. The third-order valence-electron chi connectivity index (χ3n) is 3.47. The minimum absolute atomic E-state index is 0.103. The Morgan fingerprint density at radius 2 is 2.22 bits per heavy atom. The van der Waals surface area contributed by atoms with Crippen LogP contribution in [0.25, 0.3) is 0 Å². The normalized spacial score (nSPS) is 23.4. The average molecular weight is 249 g/mol. The quantitative estimate of drug-likeness (QED) is 0.832. The first-order valence-corrected chi connectivity index (χ1v) is 6.38. The number of aromatic nitrogens is 2. The van der Waals surface area contributed by atoms with Gasteiger partial charge in [0.1, 0.15) is 5.82 Å². The largest absolute Gasteiger partial charge is 0.463 e. The second kappa shape index (κ2) is 5.80. The Morgan fingerprint density at radius 3 is 2.94 bits per heavy atom. The summed E-state index contributed by atoms with van der Waals surface area (Å²) >= 11 is 0. The summed E-state index contributed by atoms with van der Waals surface area (Å²) in [4.78, 5) is 19.4. The zero-order valence-electron chi connectivity index (χ0n) is 10.8. The van der Waals surface area contributed by atoms with Crippen LogP contribution in [-0.2, 0) is 4.74 Å². The highest BCUT2D eigenvalue weighted by Gasteiger charge is 2.21. The van der Waals surface area contributed by atoms with Crippen LogP contribution < -0.4 is 5.32 Å². The van der Waals surface area contributed by atoms with Gasteiger partial charge in [0.25, 0.3) is 0 Å². The number of ether oxygens (including phenoxy) is 1. The molecular formula is C13H19N3O2. The Balaban J connectivity index is 2.06. The summed E-state index contributed by atoms with van der Waals surface area (Å²) in [6.45, 7) is 2.25. The standard InChI is InChI=1S/C13H19N3O2/c1-9-5-3-4-6-10(9)15-11-7-8-14-12(16-11)13(17)18-2/h7-10H,3-6H2,1-2H3,(H,14,15,16). The molecule has 0 aromatic carbocycles. The zero-order chi connectivity index (χ0) is 13.0. The number of hydrogen-bond donors (Lipinski definition) is 1. The molecule has 1 aromatic heterocycles. The second-order valence-electron chi connectivity index (χ2n) is 4.77. The van der Waals surface area contributed by atoms with Crippen molar-refractivity contribution in [2.24, 2.45) is 5.92 Å². The van der Waals surface area contributed by atoms with E-state index in [0.29, 0.717) is 17.8 Å². The number of methoxy groups -OCH3 is 1. The highest BCUT2D eigenvalue weighted by molar-refractivity contribution is 5.85. The van der Waals surface area contributed by atoms with Gasteiger partial charge in [0.15, 0.2) is 0 Å². The highest BCUT2D eigenvalue weighted by atomic mass is 16.5. The summed E-state index contributed by atoms with van der Waals surface area (Å²) in [5, 5.41) is 3.39. The molecule has 5 nitrogen and oxygen atoms in total. The molecule has 1 aromatic rings. The summed E-state index contributed by atoms with van der Waals surface area (Å²) in [5.41, 5.74) is 0. The molecule has 1 saturated carbocycles. The van der Waals surface area contributed by atoms with Crippen LogP contribution in [0.5, 0.6) is 0 Å². The molecule has 0 aliphatic heterocycles. The van der Waals surface area contributed by atoms with Gasteiger partial charge in [-0.2, -0.15) is 0 Å². The molecule has 1 N–H and O–H groups in total. The second-order valence-corrected chi connectivity index (χ2v) is 4.77. The molecule has 0 saturated heterocycles. The van der Waals surface area contributed by atoms with Crippen LogP contribution in [0.3, 0.4) is 0 Å². The van der Waals surface area contributed by atoms with Gasteiger partial charge in [-0.15, -0.1) is 0 Å². The molecule has 0 bridgehead atoms. The van der Waals surface area contributed by atoms with Crippen molar-refractivity contribution in [2.75, 3.05) is 12.4 Å². The number of esters is 1. The number of carbonyl (C=O) groups excluding carboxylic acids is 1. The lowest BCUT2D eigenvalue weighted by Gasteiger charge is -2.29. The third-order valence-corrected chi connectivity index (χ3v) is 3.47. The molecule has 0 spiro atoms. The van der Waals surface area contributed by atoms with E-state index in [4.69, 9.17) is 0 Å². The number of anilines is 1. The van der Waals surface area contributed by atoms with Gasteiger partial charge in [-0.05, 0) is 24.8 Å². The average Bonchev–Trinajstić information content (AvgIpc) is 2.41. The fourth-order valence-corrected chi connectivity index (χ4v) is 2.35. The number of nitrogens with one attached hydrogen (secondary N) is 1. The van der Waals surface area contributed by atoms with Crippen molar-refractivity contribution in [3.8, 4) is 0 Å². The van der Waals surface area contributed by atoms with Gasteiger partial charge in [0.05, 0.1) is 7.11 Å². The van der Waals surface area contributed by atoms with Gasteiger partial charge < -0.3 is 10.1 Å². The molecule has 2 unspecified atom stereocenters. The summed E-state index contributed by atoms with van der Waals surface area (Å²) in [6.07, 6.45) is 6.52. The molecule has 18 heavy (non-hydrogen) atoms. The SMILES string of the molecule is COC(=O)c1nccc(NC2CCCCC2C)n1. The topological polar surface area (TPSA) is 64.1 Å². The first-order valence-electron chi connectivity index (χ1n) is 6.38. The Kier molecular flexibility index (Phi) is 4.12. The molecule has 5 heteroatoms. The molecular weight excluding hydrogens is 230 g/mol. The first kappa shape index (κ1) is 12.8. The number of hydrogen-bond acceptors (Lipinski definition) is 5. The van der Waals surface area contributed by atoms with Crippen molar-refractivity contribution in [3.05, 3.63) is 18.1 Å². The fourth-order valence-electron chi connectivity index (χ4n) is 2.35. The molecule has 1 aliphatic carbocycles. The smallest absolute Gasteiger partial charge is 0.376 e. The van der Waals surface area contributed by atoms with Gasteiger partial charge in [-0.1, -0.05) is 19.8 Å². The Bertz CT molecular complexity index is 422. The molecule has 1 fully saturated rings. The third kappa shape index (κ3) is 2.97. The maximum absolute atomic E-state index is 11.3. The summed E-state index contributed by atoms with van der Waals surface area (Å²) in [5.74, 6) is 0.931. The van der Waals surface area contributed by atoms with Gasteiger partial charge in [0, 0.05) is 12.2 Å². The lowest BCUT2D eigenvalue weighted by molar-refractivity contribution is 0.0587. The maximum atomic E-state index is 11.3. The maximum Gasteiger partial charge on any atom is 0.376 e. The van der Waals surface area contributed by atoms with Crippen LogP contribution in [0.15, 0.2) is 12.3 Å². The van der Waals surface area contributed by atoms with Crippen LogP contribution >= 0.6 is 0 Å². The van der Waals surface area contributed by atoms with Crippen molar-refractivity contribution in [3.63, 3.8) is 0 Å². The van der Waals surface area contributed by atoms with Crippen molar-refractivity contribution in [2.45, 2.75) is 38.6 Å². The van der Waals surface area contributed by atoms with E-state index >= 15 is 0 Å². The minimum Gasteiger partial charge on any atom is -0.463 e. The predicted molar refractivity (Wildman–Crippen MR) is 68.4 cm³/mol. The summed E-state index contributed by atoms with van der Waals surface area (Å²) in [7, 11) is 1.33. The van der Waals surface area contributed by atoms with E-state index in [1.807, 2.05) is 0 Å². The Labute approximate surface area is 107 Å². The lowest BCUT2D eigenvalue weighted by atomic mass is 9.86. The first-order chi connectivity index (χ1) is 8.70. The predicted octanol–water partition coefficient (Wildman–Crippen LogP) is 2.25. The molecule has 0 radical (unpaired) electrons. The molecule has 2 rings (SSSR count). The molecule has 1 heterocycles. The highest BCUT2D eigenvalue weighted by Crippen LogP contribution is 2.26. The fraction of sp³-hybridized carbons (Fsp3) is 0.615. The lowest BCUT2D eigenvalue weighted by Crippen LogP contribution is -2.30. The van der Waals surface area contributed by atoms with Crippen molar-refractivity contribution < 1.29 is 9.53 Å². The van der Waals surface area contributed by atoms with Crippen LogP contribution in [0, 0.1) is 5.92 Å². The van der Waals surface area contributed by atoms with Crippen molar-refractivity contribution in [1.29, 1.82) is 0 Å². The van der Waals surface area contributed by atoms with Crippen LogP contribution in [0.1, 0.15) is 43.2 Å². The monoisotopic (exact) mass is 249 g/mol. The van der Waals surface area contributed by atoms with Gasteiger partial charge in [-0.25, -0.2) is 14.8 Å². The van der Waals surface area contributed by atoms with E-state index in [1.54, 1.807) is 12.3 Å². The number of nitrogens with zero attached hydrogens (tertiary/aromatic N) is 2. The van der Waals surface area contributed by atoms with Crippen LogP contribution in [-0.4, -0.2) is 29.1 Å². The Morgan fingerprint density at radius 1 is 1.44 bits per heavy atom. The van der Waals surface area contributed by atoms with E-state index in [-0.39, 0.29) is 5.82 Å². The number of rotatable bonds is 3. The minimum atomic E-state index is -0.504. The van der Waals surface area contributed by atoms with E-state index in [9.17, 15) is 4.79 Å². The van der Waals surface area contributed by atoms with Crippen LogP contribution in [0.2, 0.25) is 0 Å². The summed E-state index contributed by atoms with van der Waals surface area (Å²) in [6, 6.07) is 2.22. The van der Waals surface area contributed by atoms with E-state index in [1.165, 1.54) is 26.4 Å². The van der Waals surface area contributed by atoms with E-state index < -0.39 is 5.97 Å². The van der Waals surface area contributed by atoms with Gasteiger partial charge >= 0.3 is 5.97 Å². The van der Waals surface area contributed by atoms with Gasteiger partial charge in [-0.3, -0.25) is 0 Å². The number of carbonyl (C=O) groups is 1. The summed E-state index contributed by atoms with van der Waals surface area (Å²) < 4.78 is 4.61. The van der Waals surface area contributed by atoms with E-state index in [2.05, 4.69) is 26.9 Å². The van der Waals surface area contributed by atoms with Crippen molar-refractivity contribution in [1.82, 2.24) is 9.97 Å². The molecule has 0 amide bonds. The Hall–Kier alpha value is -1.65. The zero-order valence-corrected chi connectivity index (χ0v) is 10.8. The van der Waals surface area contributed by atoms with Crippen LogP contribution in [0.4, 0.5) is 5.82 Å². The van der Waals surface area contributed by atoms with E-state index in [0.717, 1.165) is 6.42 Å². The van der Waals surface area contributed by atoms with Gasteiger partial charge in [0.2, 0.25) is 5.82 Å². The van der Waals surface area contributed by atoms with Crippen molar-refractivity contribution >= 4 is 11.8 Å². The molecule has 98 valence electrons.